The van der Waals surface area contributed by atoms with Crippen molar-refractivity contribution in [2.75, 3.05) is 7.11 Å². The van der Waals surface area contributed by atoms with Crippen LogP contribution in [0.4, 0.5) is 13.2 Å². The molecule has 2 nitrogen and oxygen atoms in total. The average molecular weight is 340 g/mol. The van der Waals surface area contributed by atoms with Crippen molar-refractivity contribution in [1.82, 2.24) is 5.32 Å². The van der Waals surface area contributed by atoms with Crippen molar-refractivity contribution in [3.8, 4) is 5.75 Å². The molecule has 1 N–H and O–H groups in total. The number of hydrogen-bond donors (Lipinski definition) is 1. The molecule has 0 saturated heterocycles. The highest BCUT2D eigenvalue weighted by atomic mass is 79.9. The Balaban J connectivity index is 2.68. The van der Waals surface area contributed by atoms with Gasteiger partial charge in [-0.2, -0.15) is 13.2 Å². The molecule has 6 heteroatoms. The lowest BCUT2D eigenvalue weighted by Crippen LogP contribution is -2.33. The second kappa shape index (κ2) is 6.61. The van der Waals surface area contributed by atoms with Crippen LogP contribution in [-0.2, 0) is 0 Å². The van der Waals surface area contributed by atoms with Crippen LogP contribution in [0.1, 0.15) is 31.9 Å². The van der Waals surface area contributed by atoms with Gasteiger partial charge in [0.25, 0.3) is 0 Å². The summed E-state index contributed by atoms with van der Waals surface area (Å²) < 4.78 is 42.7. The van der Waals surface area contributed by atoms with Gasteiger partial charge in [-0.05, 0) is 47.5 Å². The zero-order chi connectivity index (χ0) is 14.6. The second-order valence-electron chi connectivity index (χ2n) is 4.50. The number of rotatable bonds is 5. The van der Waals surface area contributed by atoms with Gasteiger partial charge in [-0.3, -0.25) is 0 Å². The lowest BCUT2D eigenvalue weighted by molar-refractivity contribution is -0.139. The zero-order valence-electron chi connectivity index (χ0n) is 11.0. The van der Waals surface area contributed by atoms with Gasteiger partial charge in [0.1, 0.15) is 5.75 Å². The molecule has 0 amide bonds. The van der Waals surface area contributed by atoms with E-state index in [4.69, 9.17) is 4.74 Å². The topological polar surface area (TPSA) is 21.3 Å². The number of hydrogen-bond acceptors (Lipinski definition) is 2. The fourth-order valence-corrected chi connectivity index (χ4v) is 2.44. The molecule has 2 unspecified atom stereocenters. The van der Waals surface area contributed by atoms with Crippen molar-refractivity contribution in [2.24, 2.45) is 0 Å². The summed E-state index contributed by atoms with van der Waals surface area (Å²) in [6.07, 6.45) is -4.98. The van der Waals surface area contributed by atoms with E-state index in [-0.39, 0.29) is 6.04 Å². The average Bonchev–Trinajstić information content (AvgIpc) is 2.26. The van der Waals surface area contributed by atoms with Gasteiger partial charge in [0.05, 0.1) is 18.0 Å². The maximum Gasteiger partial charge on any atom is 0.390 e. The van der Waals surface area contributed by atoms with Crippen molar-refractivity contribution < 1.29 is 17.9 Å². The first kappa shape index (κ1) is 16.3. The summed E-state index contributed by atoms with van der Waals surface area (Å²) in [7, 11) is 1.56. The first-order chi connectivity index (χ1) is 8.73. The number of alkyl halides is 3. The molecule has 0 spiro atoms. The molecule has 1 aromatic carbocycles. The van der Waals surface area contributed by atoms with Crippen molar-refractivity contribution >= 4 is 15.9 Å². The first-order valence-corrected chi connectivity index (χ1v) is 6.68. The summed E-state index contributed by atoms with van der Waals surface area (Å²) >= 11 is 3.36. The fraction of sp³-hybridized carbons (Fsp3) is 0.538. The van der Waals surface area contributed by atoms with Crippen molar-refractivity contribution in [2.45, 2.75) is 38.5 Å². The molecule has 0 fully saturated rings. The highest BCUT2D eigenvalue weighted by molar-refractivity contribution is 9.10. The maximum atomic E-state index is 12.3. The van der Waals surface area contributed by atoms with Crippen LogP contribution in [0.5, 0.6) is 5.75 Å². The Kier molecular flexibility index (Phi) is 5.67. The van der Waals surface area contributed by atoms with Crippen LogP contribution in [-0.4, -0.2) is 19.3 Å². The van der Waals surface area contributed by atoms with Gasteiger partial charge in [-0.1, -0.05) is 6.07 Å². The van der Waals surface area contributed by atoms with Crippen LogP contribution in [0, 0.1) is 0 Å². The van der Waals surface area contributed by atoms with Gasteiger partial charge in [-0.15, -0.1) is 0 Å². The minimum Gasteiger partial charge on any atom is -0.496 e. The van der Waals surface area contributed by atoms with Crippen LogP contribution in [0.2, 0.25) is 0 Å². The van der Waals surface area contributed by atoms with E-state index in [9.17, 15) is 13.2 Å². The van der Waals surface area contributed by atoms with E-state index < -0.39 is 18.6 Å². The molecule has 0 saturated carbocycles. The van der Waals surface area contributed by atoms with Crippen LogP contribution in [0.3, 0.4) is 0 Å². The van der Waals surface area contributed by atoms with Crippen molar-refractivity contribution in [3.63, 3.8) is 0 Å². The number of halogens is 4. The summed E-state index contributed by atoms with van der Waals surface area (Å²) in [5.41, 5.74) is 0.904. The molecule has 0 radical (unpaired) electrons. The zero-order valence-corrected chi connectivity index (χ0v) is 12.6. The van der Waals surface area contributed by atoms with E-state index in [1.54, 1.807) is 13.2 Å². The Morgan fingerprint density at radius 3 is 2.42 bits per heavy atom. The molecular weight excluding hydrogens is 323 g/mol. The predicted molar refractivity (Wildman–Crippen MR) is 72.4 cm³/mol. The fourth-order valence-electron chi connectivity index (χ4n) is 1.88. The highest BCUT2D eigenvalue weighted by Crippen LogP contribution is 2.29. The SMILES string of the molecule is COc1ccc(C(C)NC(C)CC(F)(F)F)cc1Br. The second-order valence-corrected chi connectivity index (χ2v) is 5.36. The molecular formula is C13H17BrF3NO. The molecule has 0 heterocycles. The molecule has 0 aliphatic carbocycles. The molecule has 0 aliphatic heterocycles. The van der Waals surface area contributed by atoms with Gasteiger partial charge in [-0.25, -0.2) is 0 Å². The van der Waals surface area contributed by atoms with E-state index in [1.807, 2.05) is 19.1 Å². The van der Waals surface area contributed by atoms with E-state index in [1.165, 1.54) is 6.92 Å². The highest BCUT2D eigenvalue weighted by Gasteiger charge is 2.30. The number of nitrogens with one attached hydrogen (secondary N) is 1. The molecule has 0 aromatic heterocycles. The van der Waals surface area contributed by atoms with Gasteiger partial charge in [0.2, 0.25) is 0 Å². The molecule has 1 rings (SSSR count). The minimum absolute atomic E-state index is 0.167. The largest absolute Gasteiger partial charge is 0.496 e. The Morgan fingerprint density at radius 1 is 1.32 bits per heavy atom. The van der Waals surface area contributed by atoms with Crippen LogP contribution < -0.4 is 10.1 Å². The van der Waals surface area contributed by atoms with Gasteiger partial charge < -0.3 is 10.1 Å². The Hall–Kier alpha value is -0.750. The van der Waals surface area contributed by atoms with Crippen molar-refractivity contribution in [3.05, 3.63) is 28.2 Å². The predicted octanol–water partition coefficient (Wildman–Crippen LogP) is 4.45. The summed E-state index contributed by atoms with van der Waals surface area (Å²) in [6, 6.07) is 4.67. The van der Waals surface area contributed by atoms with E-state index in [0.717, 1.165) is 10.0 Å². The van der Waals surface area contributed by atoms with Gasteiger partial charge in [0, 0.05) is 12.1 Å². The first-order valence-electron chi connectivity index (χ1n) is 5.89. The van der Waals surface area contributed by atoms with E-state index in [0.29, 0.717) is 5.75 Å². The van der Waals surface area contributed by atoms with Crippen LogP contribution >= 0.6 is 15.9 Å². The smallest absolute Gasteiger partial charge is 0.390 e. The quantitative estimate of drug-likeness (QED) is 0.855. The normalized spacial score (nSPS) is 15.1. The lowest BCUT2D eigenvalue weighted by atomic mass is 10.1. The number of ether oxygens (including phenoxy) is 1. The van der Waals surface area contributed by atoms with Gasteiger partial charge in [0.15, 0.2) is 0 Å². The van der Waals surface area contributed by atoms with Crippen molar-refractivity contribution in [1.29, 1.82) is 0 Å². The summed E-state index contributed by atoms with van der Waals surface area (Å²) in [5, 5.41) is 2.94. The molecule has 2 atom stereocenters. The summed E-state index contributed by atoms with van der Waals surface area (Å²) in [5.74, 6) is 0.694. The number of methoxy groups -OCH3 is 1. The molecule has 108 valence electrons. The number of benzene rings is 1. The Bertz CT molecular complexity index is 423. The van der Waals surface area contributed by atoms with E-state index >= 15 is 0 Å². The molecule has 19 heavy (non-hydrogen) atoms. The Morgan fingerprint density at radius 2 is 1.95 bits per heavy atom. The molecule has 1 aromatic rings. The third-order valence-corrected chi connectivity index (χ3v) is 3.37. The summed E-state index contributed by atoms with van der Waals surface area (Å²) in [6.45, 7) is 3.36. The maximum absolute atomic E-state index is 12.3. The monoisotopic (exact) mass is 339 g/mol. The Labute approximate surface area is 119 Å². The lowest BCUT2D eigenvalue weighted by Gasteiger charge is -2.22. The van der Waals surface area contributed by atoms with Crippen LogP contribution in [0.25, 0.3) is 0 Å². The molecule has 0 aliphatic rings. The summed E-state index contributed by atoms with van der Waals surface area (Å²) in [4.78, 5) is 0. The molecule has 0 bridgehead atoms. The van der Waals surface area contributed by atoms with Gasteiger partial charge >= 0.3 is 6.18 Å². The standard InChI is InChI=1S/C13H17BrF3NO/c1-8(7-13(15,16)17)18-9(2)10-4-5-12(19-3)11(14)6-10/h4-6,8-9,18H,7H2,1-3H3. The third-order valence-electron chi connectivity index (χ3n) is 2.75. The van der Waals surface area contributed by atoms with E-state index in [2.05, 4.69) is 21.2 Å². The van der Waals surface area contributed by atoms with Crippen LogP contribution in [0.15, 0.2) is 22.7 Å². The third kappa shape index (κ3) is 5.40. The minimum atomic E-state index is -4.15.